The van der Waals surface area contributed by atoms with Gasteiger partial charge < -0.3 is 30.9 Å². The monoisotopic (exact) mass is 100 g/mol. The van der Waals surface area contributed by atoms with Crippen LogP contribution in [0.5, 0.6) is 0 Å². The van der Waals surface area contributed by atoms with E-state index in [4.69, 9.17) is 5.11 Å². The molecule has 0 heterocycles. The van der Waals surface area contributed by atoms with Crippen LogP contribution >= 0.6 is 0 Å². The summed E-state index contributed by atoms with van der Waals surface area (Å²) in [5.74, 6) is 0. The summed E-state index contributed by atoms with van der Waals surface area (Å²) >= 11 is 0. The van der Waals surface area contributed by atoms with Gasteiger partial charge in [0.1, 0.15) is 0 Å². The van der Waals surface area contributed by atoms with Crippen LogP contribution in [0.4, 0.5) is 0 Å². The Morgan fingerprint density at radius 3 is 1.00 bits per heavy atom. The van der Waals surface area contributed by atoms with Gasteiger partial charge in [-0.15, -0.1) is 0 Å². The van der Waals surface area contributed by atoms with Crippen molar-refractivity contribution < 1.29 is 5.11 Å². The maximum atomic E-state index is 7.00. The minimum absolute atomic E-state index is 0. The van der Waals surface area contributed by atoms with Gasteiger partial charge in [-0.1, -0.05) is 0 Å². The highest BCUT2D eigenvalue weighted by molar-refractivity contribution is 7.37. The van der Waals surface area contributed by atoms with Crippen LogP contribution in [0.1, 0.15) is 0 Å². The summed E-state index contributed by atoms with van der Waals surface area (Å²) in [5.41, 5.74) is 0. The third-order valence-electron chi connectivity index (χ3n) is 0. The van der Waals surface area contributed by atoms with E-state index in [1.807, 2.05) is 0 Å². The van der Waals surface area contributed by atoms with E-state index in [2.05, 4.69) is 0 Å². The highest BCUT2D eigenvalue weighted by atomic mass is 32.1. The molecule has 0 rings (SSSR count). The SMILES string of the molecule is CO.[NH4+].[NH4+].[S-2]. The Morgan fingerprint density at radius 1 is 1.00 bits per heavy atom. The summed E-state index contributed by atoms with van der Waals surface area (Å²) in [4.78, 5) is 0. The summed E-state index contributed by atoms with van der Waals surface area (Å²) in [5, 5.41) is 7.00. The second-order valence-electron chi connectivity index (χ2n) is 0. The zero-order chi connectivity index (χ0) is 2.00. The Balaban J connectivity index is -0.00000000167. The largest absolute Gasteiger partial charge is 2.00 e. The van der Waals surface area contributed by atoms with E-state index in [9.17, 15) is 0 Å². The Bertz CT molecular complexity index is 9.61. The summed E-state index contributed by atoms with van der Waals surface area (Å²) in [6.45, 7) is 0. The summed E-state index contributed by atoms with van der Waals surface area (Å²) in [6, 6.07) is 0. The number of aliphatic hydroxyl groups excluding tert-OH is 1. The molecule has 38 valence electrons. The molecule has 0 aliphatic rings. The molecule has 0 saturated heterocycles. The van der Waals surface area contributed by atoms with Crippen molar-refractivity contribution in [1.29, 1.82) is 0 Å². The molecule has 0 aromatic heterocycles. The number of quaternary nitrogens is 2. The van der Waals surface area contributed by atoms with Crippen molar-refractivity contribution in [3.05, 3.63) is 0 Å². The van der Waals surface area contributed by atoms with Gasteiger partial charge in [-0.25, -0.2) is 0 Å². The van der Waals surface area contributed by atoms with Gasteiger partial charge in [0.25, 0.3) is 0 Å². The van der Waals surface area contributed by atoms with E-state index in [1.165, 1.54) is 0 Å². The molecule has 0 amide bonds. The molecular weight excluding hydrogens is 88.1 g/mol. The lowest BCUT2D eigenvalue weighted by Crippen LogP contribution is -1.25. The van der Waals surface area contributed by atoms with Gasteiger partial charge in [-0.05, 0) is 0 Å². The smallest absolute Gasteiger partial charge is 0.0319 e. The first-order chi connectivity index (χ1) is 1.00. The van der Waals surface area contributed by atoms with Gasteiger partial charge in [0.05, 0.1) is 0 Å². The number of hydrogen-bond donors (Lipinski definition) is 3. The third kappa shape index (κ3) is 398. The van der Waals surface area contributed by atoms with E-state index < -0.39 is 0 Å². The first kappa shape index (κ1) is 61.9. The zero-order valence-electron chi connectivity index (χ0n) is 3.86. The van der Waals surface area contributed by atoms with Crippen molar-refractivity contribution in [2.45, 2.75) is 0 Å². The molecular formula is CH12N2OS. The van der Waals surface area contributed by atoms with Gasteiger partial charge in [-0.3, -0.25) is 0 Å². The molecule has 3 nitrogen and oxygen atoms in total. The average Bonchev–Trinajstić information content (AvgIpc) is 1.00. The minimum atomic E-state index is 0. The number of aliphatic hydroxyl groups is 1. The Morgan fingerprint density at radius 2 is 1.00 bits per heavy atom. The van der Waals surface area contributed by atoms with Crippen LogP contribution in [0.25, 0.3) is 0 Å². The second kappa shape index (κ2) is 834. The van der Waals surface area contributed by atoms with Gasteiger partial charge >= 0.3 is 0 Å². The maximum absolute atomic E-state index is 7.00. The Kier molecular flexibility index (Phi) is 10300. The van der Waals surface area contributed by atoms with E-state index >= 15 is 0 Å². The minimum Gasteiger partial charge on any atom is -2.00 e. The fraction of sp³-hybridized carbons (Fsp3) is 1.00. The first-order valence-electron chi connectivity index (χ1n) is 0.447. The molecule has 9 N–H and O–H groups in total. The van der Waals surface area contributed by atoms with Crippen LogP contribution in [0.15, 0.2) is 0 Å². The van der Waals surface area contributed by atoms with Gasteiger partial charge in [0, 0.05) is 7.11 Å². The van der Waals surface area contributed by atoms with Gasteiger partial charge in [0.15, 0.2) is 0 Å². The van der Waals surface area contributed by atoms with E-state index in [-0.39, 0.29) is 25.8 Å². The molecule has 0 aromatic carbocycles. The standard InChI is InChI=1S/CH4O.2H3N.S/c1-2;;;/h2H,1H3;2*1H3;/q;;;-2/p+2. The molecule has 0 radical (unpaired) electrons. The molecule has 0 bridgehead atoms. The topological polar surface area (TPSA) is 93.2 Å². The lowest BCUT2D eigenvalue weighted by atomic mass is 11.8. The molecule has 0 aromatic rings. The highest BCUT2D eigenvalue weighted by Gasteiger charge is 0.839. The fourth-order valence-electron chi connectivity index (χ4n) is 0. The van der Waals surface area contributed by atoms with Crippen LogP contribution < -0.4 is 12.3 Å². The van der Waals surface area contributed by atoms with Crippen LogP contribution in [0.2, 0.25) is 0 Å². The van der Waals surface area contributed by atoms with Crippen molar-refractivity contribution in [3.8, 4) is 0 Å². The average molecular weight is 100 g/mol. The van der Waals surface area contributed by atoms with Crippen molar-refractivity contribution in [3.63, 3.8) is 0 Å². The van der Waals surface area contributed by atoms with Gasteiger partial charge in [-0.2, -0.15) is 0 Å². The molecule has 0 aliphatic carbocycles. The van der Waals surface area contributed by atoms with Crippen molar-refractivity contribution in [2.75, 3.05) is 7.11 Å². The van der Waals surface area contributed by atoms with E-state index in [0.29, 0.717) is 0 Å². The molecule has 0 aliphatic heterocycles. The lowest BCUT2D eigenvalue weighted by Gasteiger charge is -2.00. The predicted octanol–water partition coefficient (Wildman–Crippen LogP) is 0.358. The summed E-state index contributed by atoms with van der Waals surface area (Å²) in [7, 11) is 1.00. The fourth-order valence-corrected chi connectivity index (χ4v) is 0. The Labute approximate surface area is 39.0 Å². The van der Waals surface area contributed by atoms with E-state index in [1.54, 1.807) is 0 Å². The molecule has 4 heteroatoms. The molecule has 0 saturated carbocycles. The third-order valence-corrected chi connectivity index (χ3v) is 0. The maximum Gasteiger partial charge on any atom is 0.0319 e. The Hall–Kier alpha value is 0.230. The normalized spacial score (nSPS) is 1.20. The highest BCUT2D eigenvalue weighted by Crippen LogP contribution is 0.755. The molecule has 0 fully saturated rings. The lowest BCUT2D eigenvalue weighted by molar-refractivity contribution is 0.399. The molecule has 0 spiro atoms. The van der Waals surface area contributed by atoms with Crippen LogP contribution in [0.3, 0.4) is 0 Å². The first-order valence-corrected chi connectivity index (χ1v) is 0.447. The molecule has 5 heavy (non-hydrogen) atoms. The zero-order valence-corrected chi connectivity index (χ0v) is 4.67. The number of rotatable bonds is 0. The van der Waals surface area contributed by atoms with Crippen LogP contribution in [-0.4, -0.2) is 12.2 Å². The molecule has 0 unspecified atom stereocenters. The van der Waals surface area contributed by atoms with Crippen molar-refractivity contribution in [1.82, 2.24) is 12.3 Å². The predicted molar refractivity (Wildman–Crippen MR) is 27.5 cm³/mol. The van der Waals surface area contributed by atoms with Crippen molar-refractivity contribution >= 4 is 13.5 Å². The van der Waals surface area contributed by atoms with Crippen LogP contribution in [-0.2, 0) is 13.5 Å². The number of hydrogen-bond acceptors (Lipinski definition) is 1. The quantitative estimate of drug-likeness (QED) is 0.402. The van der Waals surface area contributed by atoms with Gasteiger partial charge in [0.2, 0.25) is 0 Å². The second-order valence-corrected chi connectivity index (χ2v) is 0. The molecule has 0 atom stereocenters. The van der Waals surface area contributed by atoms with Crippen LogP contribution in [0, 0.1) is 0 Å². The van der Waals surface area contributed by atoms with E-state index in [0.717, 1.165) is 7.11 Å². The summed E-state index contributed by atoms with van der Waals surface area (Å²) < 4.78 is 0. The van der Waals surface area contributed by atoms with Crippen molar-refractivity contribution in [2.24, 2.45) is 0 Å². The summed E-state index contributed by atoms with van der Waals surface area (Å²) in [6.07, 6.45) is 0.